The van der Waals surface area contributed by atoms with Gasteiger partial charge in [-0.15, -0.1) is 0 Å². The van der Waals surface area contributed by atoms with Crippen molar-refractivity contribution >= 4 is 17.8 Å². The van der Waals surface area contributed by atoms with Crippen LogP contribution in [-0.2, 0) is 19.1 Å². The van der Waals surface area contributed by atoms with Gasteiger partial charge in [0.25, 0.3) is 0 Å². The van der Waals surface area contributed by atoms with Gasteiger partial charge >= 0.3 is 11.9 Å². The van der Waals surface area contributed by atoms with E-state index >= 15 is 0 Å². The summed E-state index contributed by atoms with van der Waals surface area (Å²) in [4.78, 5) is 34.9. The number of esters is 1. The number of nitrogens with one attached hydrogen (secondary N) is 1. The molecule has 2 N–H and O–H groups in total. The molecule has 0 heterocycles. The highest BCUT2D eigenvalue weighted by molar-refractivity contribution is 5.80. The van der Waals surface area contributed by atoms with Gasteiger partial charge in [0.15, 0.2) is 0 Å². The van der Waals surface area contributed by atoms with Crippen LogP contribution in [0.3, 0.4) is 0 Å². The molecular weight excluding hydrogens is 647 g/mol. The van der Waals surface area contributed by atoms with Crippen molar-refractivity contribution in [2.24, 2.45) is 0 Å². The van der Waals surface area contributed by atoms with Gasteiger partial charge in [-0.05, 0) is 44.6 Å². The molecule has 1 unspecified atom stereocenters. The van der Waals surface area contributed by atoms with E-state index in [1.165, 1.54) is 161 Å². The lowest BCUT2D eigenvalue weighted by Crippen LogP contribution is -2.28. The van der Waals surface area contributed by atoms with Crippen LogP contribution in [-0.4, -0.2) is 35.6 Å². The summed E-state index contributed by atoms with van der Waals surface area (Å²) in [6.45, 7) is 4.24. The van der Waals surface area contributed by atoms with Gasteiger partial charge in [-0.2, -0.15) is 0 Å². The van der Waals surface area contributed by atoms with Crippen LogP contribution < -0.4 is 5.32 Å². The Balaban J connectivity index is 4.00. The average molecular weight is 734 g/mol. The predicted molar refractivity (Wildman–Crippen MR) is 222 cm³/mol. The van der Waals surface area contributed by atoms with Crippen molar-refractivity contribution in [1.82, 2.24) is 5.32 Å². The van der Waals surface area contributed by atoms with Crippen LogP contribution in [0.2, 0.25) is 0 Å². The zero-order valence-electron chi connectivity index (χ0n) is 34.7. The zero-order chi connectivity index (χ0) is 38.0. The molecule has 0 aliphatic heterocycles. The second-order valence-electron chi connectivity index (χ2n) is 15.7. The van der Waals surface area contributed by atoms with E-state index in [9.17, 15) is 14.4 Å². The summed E-state index contributed by atoms with van der Waals surface area (Å²) < 4.78 is 5.96. The molecule has 6 heteroatoms. The highest BCUT2D eigenvalue weighted by atomic mass is 16.5. The monoisotopic (exact) mass is 734 g/mol. The summed E-state index contributed by atoms with van der Waals surface area (Å²) >= 11 is 0. The number of allylic oxidation sites excluding steroid dienone is 1. The fourth-order valence-electron chi connectivity index (χ4n) is 7.01. The van der Waals surface area contributed by atoms with E-state index in [-0.39, 0.29) is 24.5 Å². The normalized spacial score (nSPS) is 12.0. The van der Waals surface area contributed by atoms with Crippen LogP contribution in [0.5, 0.6) is 0 Å². The van der Waals surface area contributed by atoms with Crippen molar-refractivity contribution < 1.29 is 24.2 Å². The Kier molecular flexibility index (Phi) is 40.4. The topological polar surface area (TPSA) is 92.7 Å². The van der Waals surface area contributed by atoms with Gasteiger partial charge in [-0.25, -0.2) is 0 Å². The molecule has 0 saturated carbocycles. The van der Waals surface area contributed by atoms with E-state index in [1.54, 1.807) is 0 Å². The molecule has 0 aliphatic rings. The molecule has 0 aromatic rings. The second-order valence-corrected chi connectivity index (χ2v) is 15.7. The largest absolute Gasteiger partial charge is 0.480 e. The van der Waals surface area contributed by atoms with Crippen LogP contribution in [0.25, 0.3) is 0 Å². The van der Waals surface area contributed by atoms with Crippen molar-refractivity contribution in [3.8, 4) is 0 Å². The Morgan fingerprint density at radius 2 is 0.865 bits per heavy atom. The number of hydrogen-bond acceptors (Lipinski definition) is 4. The fourth-order valence-corrected chi connectivity index (χ4v) is 7.01. The molecule has 6 nitrogen and oxygen atoms in total. The average Bonchev–Trinajstić information content (AvgIpc) is 3.13. The van der Waals surface area contributed by atoms with E-state index in [0.29, 0.717) is 12.8 Å². The van der Waals surface area contributed by atoms with Crippen molar-refractivity contribution in [3.05, 3.63) is 12.2 Å². The lowest BCUT2D eigenvalue weighted by atomic mass is 10.0. The molecule has 0 radical (unpaired) electrons. The number of ether oxygens (including phenoxy) is 1. The van der Waals surface area contributed by atoms with Gasteiger partial charge in [0.1, 0.15) is 12.6 Å². The minimum atomic E-state index is -1.01. The smallest absolute Gasteiger partial charge is 0.322 e. The molecule has 0 rings (SSSR count). The lowest BCUT2D eigenvalue weighted by molar-refractivity contribution is -0.147. The Morgan fingerprint density at radius 1 is 0.500 bits per heavy atom. The third-order valence-corrected chi connectivity index (χ3v) is 10.4. The Labute approximate surface area is 322 Å². The maximum atomic E-state index is 12.7. The Bertz CT molecular complexity index is 813. The number of carboxylic acid groups (broad SMARTS) is 1. The first-order valence-electron chi connectivity index (χ1n) is 22.8. The van der Waals surface area contributed by atoms with E-state index in [2.05, 4.69) is 31.3 Å². The second kappa shape index (κ2) is 41.9. The van der Waals surface area contributed by atoms with Crippen molar-refractivity contribution in [3.63, 3.8) is 0 Å². The van der Waals surface area contributed by atoms with Crippen LogP contribution in [0.4, 0.5) is 0 Å². The molecule has 306 valence electrons. The van der Waals surface area contributed by atoms with E-state index < -0.39 is 5.97 Å². The summed E-state index contributed by atoms with van der Waals surface area (Å²) in [5.74, 6) is -1.25. The quantitative estimate of drug-likeness (QED) is 0.0370. The number of hydrogen-bond donors (Lipinski definition) is 2. The highest BCUT2D eigenvalue weighted by Gasteiger charge is 2.12. The SMILES string of the molecule is CCCCCCCCC/C=C\C(CCCCCCCCC(=O)NCC(=O)O)OC(=O)CCCCCCCCCCCCCCCCCCCCCC. The van der Waals surface area contributed by atoms with Crippen molar-refractivity contribution in [1.29, 1.82) is 0 Å². The number of carboxylic acids is 1. The number of carbonyl (C=O) groups is 3. The maximum absolute atomic E-state index is 12.7. The van der Waals surface area contributed by atoms with E-state index in [4.69, 9.17) is 9.84 Å². The van der Waals surface area contributed by atoms with Crippen molar-refractivity contribution in [2.45, 2.75) is 258 Å². The van der Waals surface area contributed by atoms with Gasteiger partial charge in [0.05, 0.1) is 0 Å². The van der Waals surface area contributed by atoms with E-state index in [0.717, 1.165) is 64.2 Å². The van der Waals surface area contributed by atoms with E-state index in [1.807, 2.05) is 0 Å². The van der Waals surface area contributed by atoms with Gasteiger partial charge in [-0.3, -0.25) is 14.4 Å². The molecule has 0 aromatic heterocycles. The first kappa shape index (κ1) is 50.1. The summed E-state index contributed by atoms with van der Waals surface area (Å²) in [7, 11) is 0. The minimum absolute atomic E-state index is 0.0471. The number of rotatable bonds is 42. The maximum Gasteiger partial charge on any atom is 0.322 e. The molecule has 52 heavy (non-hydrogen) atoms. The molecule has 0 spiro atoms. The summed E-state index contributed by atoms with van der Waals surface area (Å²) in [6.07, 6.45) is 49.4. The number of amides is 1. The molecular formula is C46H87NO5. The molecule has 0 saturated heterocycles. The van der Waals surface area contributed by atoms with Crippen LogP contribution in [0.15, 0.2) is 12.2 Å². The molecule has 0 aliphatic carbocycles. The summed E-state index contributed by atoms with van der Waals surface area (Å²) in [5, 5.41) is 11.1. The van der Waals surface area contributed by atoms with Gasteiger partial charge in [-0.1, -0.05) is 206 Å². The predicted octanol–water partition coefficient (Wildman–Crippen LogP) is 14.1. The van der Waals surface area contributed by atoms with Gasteiger partial charge in [0.2, 0.25) is 5.91 Å². The van der Waals surface area contributed by atoms with Crippen molar-refractivity contribution in [2.75, 3.05) is 6.54 Å². The molecule has 1 amide bonds. The van der Waals surface area contributed by atoms with Gasteiger partial charge in [0, 0.05) is 12.8 Å². The van der Waals surface area contributed by atoms with Crippen LogP contribution in [0, 0.1) is 0 Å². The number of carbonyl (C=O) groups excluding carboxylic acids is 2. The minimum Gasteiger partial charge on any atom is -0.480 e. The first-order chi connectivity index (χ1) is 25.5. The fraction of sp³-hybridized carbons (Fsp3) is 0.891. The van der Waals surface area contributed by atoms with Crippen LogP contribution in [0.1, 0.15) is 251 Å². The molecule has 0 aromatic carbocycles. The number of unbranched alkanes of at least 4 members (excludes halogenated alkanes) is 31. The third-order valence-electron chi connectivity index (χ3n) is 10.4. The number of aliphatic carboxylic acids is 1. The summed E-state index contributed by atoms with van der Waals surface area (Å²) in [6, 6.07) is 0. The van der Waals surface area contributed by atoms with Gasteiger partial charge < -0.3 is 15.2 Å². The molecule has 0 bridgehead atoms. The first-order valence-corrected chi connectivity index (χ1v) is 22.8. The third kappa shape index (κ3) is 40.9. The Hall–Kier alpha value is -1.85. The standard InChI is InChI=1S/C46H87NO5/c1-3-5-7-9-11-13-14-15-16-17-18-19-20-21-22-23-25-27-33-37-41-46(51)52-43(38-34-30-26-24-12-10-8-6-4-2)39-35-31-28-29-32-36-40-44(48)47-42-45(49)50/h34,38,43H,3-33,35-37,39-42H2,1-2H3,(H,47,48)(H,49,50)/b38-34-. The highest BCUT2D eigenvalue weighted by Crippen LogP contribution is 2.17. The molecule has 0 fully saturated rings. The summed E-state index contributed by atoms with van der Waals surface area (Å²) in [5.41, 5.74) is 0. The lowest BCUT2D eigenvalue weighted by Gasteiger charge is -2.15. The Morgan fingerprint density at radius 3 is 1.29 bits per heavy atom. The van der Waals surface area contributed by atoms with Crippen LogP contribution >= 0.6 is 0 Å². The zero-order valence-corrected chi connectivity index (χ0v) is 34.7. The molecule has 1 atom stereocenters.